The van der Waals surface area contributed by atoms with Crippen molar-refractivity contribution in [2.45, 2.75) is 32.5 Å². The highest BCUT2D eigenvalue weighted by atomic mass is 35.5. The molecule has 0 radical (unpaired) electrons. The minimum absolute atomic E-state index is 0.0755. The van der Waals surface area contributed by atoms with Gasteiger partial charge in [0.15, 0.2) is 0 Å². The molecule has 5 heteroatoms. The van der Waals surface area contributed by atoms with Crippen LogP contribution in [-0.4, -0.2) is 11.9 Å². The van der Waals surface area contributed by atoms with Gasteiger partial charge in [-0.1, -0.05) is 48.0 Å². The third kappa shape index (κ3) is 4.21. The van der Waals surface area contributed by atoms with Crippen LogP contribution in [0.5, 0.6) is 0 Å². The van der Waals surface area contributed by atoms with E-state index < -0.39 is 0 Å². The smallest absolute Gasteiger partial charge is 0.237 e. The fourth-order valence-electron chi connectivity index (χ4n) is 2.73. The molecule has 2 unspecified atom stereocenters. The highest BCUT2D eigenvalue weighted by molar-refractivity contribution is 6.31. The van der Waals surface area contributed by atoms with Gasteiger partial charge >= 0.3 is 0 Å². The number of furan rings is 1. The van der Waals surface area contributed by atoms with E-state index in [1.165, 1.54) is 0 Å². The van der Waals surface area contributed by atoms with Crippen LogP contribution in [0.4, 0.5) is 0 Å². The summed E-state index contributed by atoms with van der Waals surface area (Å²) in [5.74, 6) is 0.731. The normalized spacial score (nSPS) is 13.6. The first-order valence-electron chi connectivity index (χ1n) is 8.30. The van der Waals surface area contributed by atoms with E-state index >= 15 is 0 Å². The van der Waals surface area contributed by atoms with Crippen molar-refractivity contribution in [2.75, 3.05) is 0 Å². The van der Waals surface area contributed by atoms with Crippen LogP contribution >= 0.6 is 11.6 Å². The second-order valence-electron chi connectivity index (χ2n) is 6.11. The molecule has 2 atom stereocenters. The summed E-state index contributed by atoms with van der Waals surface area (Å²) in [6.45, 7) is 4.22. The molecule has 1 heterocycles. The van der Waals surface area contributed by atoms with Crippen LogP contribution < -0.4 is 10.6 Å². The van der Waals surface area contributed by atoms with E-state index in [2.05, 4.69) is 10.6 Å². The van der Waals surface area contributed by atoms with Crippen LogP contribution in [0, 0.1) is 0 Å². The summed E-state index contributed by atoms with van der Waals surface area (Å²) in [6, 6.07) is 16.9. The van der Waals surface area contributed by atoms with E-state index in [0.29, 0.717) is 11.6 Å². The average Bonchev–Trinajstić information content (AvgIpc) is 3.05. The molecule has 3 rings (SSSR count). The molecular weight excluding hydrogens is 336 g/mol. The maximum absolute atomic E-state index is 12.3. The molecule has 1 amide bonds. The number of nitrogens with one attached hydrogen (secondary N) is 2. The summed E-state index contributed by atoms with van der Waals surface area (Å²) in [4.78, 5) is 12.3. The topological polar surface area (TPSA) is 54.3 Å². The number of amides is 1. The molecule has 4 nitrogen and oxygen atoms in total. The van der Waals surface area contributed by atoms with Crippen molar-refractivity contribution in [3.63, 3.8) is 0 Å². The van der Waals surface area contributed by atoms with Crippen LogP contribution in [-0.2, 0) is 11.3 Å². The van der Waals surface area contributed by atoms with Crippen LogP contribution in [0.1, 0.15) is 31.2 Å². The molecule has 0 saturated heterocycles. The van der Waals surface area contributed by atoms with Gasteiger partial charge in [0, 0.05) is 17.0 Å². The van der Waals surface area contributed by atoms with E-state index in [1.807, 2.05) is 68.4 Å². The Morgan fingerprint density at radius 1 is 1.12 bits per heavy atom. The molecule has 0 fully saturated rings. The van der Waals surface area contributed by atoms with Crippen molar-refractivity contribution in [2.24, 2.45) is 0 Å². The number of carbonyl (C=O) groups is 1. The number of para-hydroxylation sites is 1. The molecule has 3 aromatic rings. The Morgan fingerprint density at radius 2 is 1.84 bits per heavy atom. The Balaban J connectivity index is 1.58. The lowest BCUT2D eigenvalue weighted by molar-refractivity contribution is -0.123. The molecule has 2 aromatic carbocycles. The SMILES string of the molecule is CC(NC(C)c1cc2ccccc2o1)C(=O)NCc1ccccc1Cl. The summed E-state index contributed by atoms with van der Waals surface area (Å²) >= 11 is 6.11. The highest BCUT2D eigenvalue weighted by Gasteiger charge is 2.18. The average molecular weight is 357 g/mol. The lowest BCUT2D eigenvalue weighted by Gasteiger charge is -2.18. The van der Waals surface area contributed by atoms with E-state index in [0.717, 1.165) is 22.3 Å². The zero-order valence-electron chi connectivity index (χ0n) is 14.3. The van der Waals surface area contributed by atoms with Gasteiger partial charge < -0.3 is 9.73 Å². The van der Waals surface area contributed by atoms with E-state index in [-0.39, 0.29) is 18.0 Å². The van der Waals surface area contributed by atoms with Crippen LogP contribution in [0.25, 0.3) is 11.0 Å². The van der Waals surface area contributed by atoms with Gasteiger partial charge in [-0.05, 0) is 37.6 Å². The second-order valence-corrected chi connectivity index (χ2v) is 6.51. The van der Waals surface area contributed by atoms with E-state index in [1.54, 1.807) is 0 Å². The zero-order chi connectivity index (χ0) is 17.8. The van der Waals surface area contributed by atoms with Crippen molar-refractivity contribution in [1.82, 2.24) is 10.6 Å². The molecule has 0 spiro atoms. The summed E-state index contributed by atoms with van der Waals surface area (Å²) in [6.07, 6.45) is 0. The van der Waals surface area contributed by atoms with Crippen LogP contribution in [0.3, 0.4) is 0 Å². The monoisotopic (exact) mass is 356 g/mol. The number of benzene rings is 2. The largest absolute Gasteiger partial charge is 0.459 e. The van der Waals surface area contributed by atoms with E-state index in [9.17, 15) is 4.79 Å². The number of hydrogen-bond acceptors (Lipinski definition) is 3. The van der Waals surface area contributed by atoms with Gasteiger partial charge in [-0.15, -0.1) is 0 Å². The summed E-state index contributed by atoms with van der Waals surface area (Å²) in [5.41, 5.74) is 1.75. The Bertz CT molecular complexity index is 842. The maximum atomic E-state index is 12.3. The first-order valence-corrected chi connectivity index (χ1v) is 8.68. The van der Waals surface area contributed by atoms with E-state index in [4.69, 9.17) is 16.0 Å². The number of fused-ring (bicyclic) bond motifs is 1. The van der Waals surface area contributed by atoms with Crippen molar-refractivity contribution in [1.29, 1.82) is 0 Å². The molecule has 25 heavy (non-hydrogen) atoms. The molecule has 1 aromatic heterocycles. The maximum Gasteiger partial charge on any atom is 0.237 e. The second kappa shape index (κ2) is 7.72. The third-order valence-electron chi connectivity index (χ3n) is 4.18. The summed E-state index contributed by atoms with van der Waals surface area (Å²) in [5, 5.41) is 7.88. The minimum Gasteiger partial charge on any atom is -0.459 e. The first kappa shape index (κ1) is 17.5. The van der Waals surface area contributed by atoms with Gasteiger partial charge in [0.25, 0.3) is 0 Å². The standard InChI is InChI=1S/C20H21ClN2O2/c1-13(19-11-15-7-4-6-10-18(15)25-19)23-14(2)20(24)22-12-16-8-3-5-9-17(16)21/h3-11,13-14,23H,12H2,1-2H3,(H,22,24). The minimum atomic E-state index is -0.356. The Kier molecular flexibility index (Phi) is 5.41. The molecule has 0 aliphatic rings. The fraction of sp³-hybridized carbons (Fsp3) is 0.250. The first-order chi connectivity index (χ1) is 12.0. The number of rotatable bonds is 6. The van der Waals surface area contributed by atoms with Crippen molar-refractivity contribution in [3.8, 4) is 0 Å². The van der Waals surface area contributed by atoms with Crippen LogP contribution in [0.2, 0.25) is 5.02 Å². The van der Waals surface area contributed by atoms with Crippen molar-refractivity contribution < 1.29 is 9.21 Å². The zero-order valence-corrected chi connectivity index (χ0v) is 15.0. The molecule has 2 N–H and O–H groups in total. The van der Waals surface area contributed by atoms with Gasteiger partial charge in [0.05, 0.1) is 12.1 Å². The van der Waals surface area contributed by atoms with Gasteiger partial charge in [-0.25, -0.2) is 0 Å². The van der Waals surface area contributed by atoms with Gasteiger partial charge in [0.1, 0.15) is 11.3 Å². The molecular formula is C20H21ClN2O2. The number of hydrogen-bond donors (Lipinski definition) is 2. The fourth-order valence-corrected chi connectivity index (χ4v) is 2.93. The van der Waals surface area contributed by atoms with Gasteiger partial charge in [-0.3, -0.25) is 10.1 Å². The highest BCUT2D eigenvalue weighted by Crippen LogP contribution is 2.23. The summed E-state index contributed by atoms with van der Waals surface area (Å²) < 4.78 is 5.84. The quantitative estimate of drug-likeness (QED) is 0.686. The Morgan fingerprint density at radius 3 is 2.60 bits per heavy atom. The molecule has 0 aliphatic carbocycles. The van der Waals surface area contributed by atoms with Gasteiger partial charge in [0.2, 0.25) is 5.91 Å². The lowest BCUT2D eigenvalue weighted by Crippen LogP contribution is -2.42. The number of halogens is 1. The predicted molar refractivity (Wildman–Crippen MR) is 101 cm³/mol. The Hall–Kier alpha value is -2.30. The third-order valence-corrected chi connectivity index (χ3v) is 4.54. The van der Waals surface area contributed by atoms with Gasteiger partial charge in [-0.2, -0.15) is 0 Å². The number of carbonyl (C=O) groups excluding carboxylic acids is 1. The molecule has 0 saturated carbocycles. The molecule has 0 aliphatic heterocycles. The molecule has 0 bridgehead atoms. The molecule has 130 valence electrons. The lowest BCUT2D eigenvalue weighted by atomic mass is 10.2. The predicted octanol–water partition coefficient (Wildman–Crippen LogP) is 4.44. The summed E-state index contributed by atoms with van der Waals surface area (Å²) in [7, 11) is 0. The van der Waals surface area contributed by atoms with Crippen molar-refractivity contribution >= 4 is 28.5 Å². The Labute approximate surface area is 152 Å². The van der Waals surface area contributed by atoms with Crippen molar-refractivity contribution in [3.05, 3.63) is 70.9 Å². The van der Waals surface area contributed by atoms with Crippen LogP contribution in [0.15, 0.2) is 59.0 Å².